The van der Waals surface area contributed by atoms with Crippen LogP contribution >= 0.6 is 0 Å². The first-order chi connectivity index (χ1) is 11.6. The number of nitro groups is 1. The van der Waals surface area contributed by atoms with Crippen molar-refractivity contribution in [3.8, 4) is 0 Å². The number of nitrogens with zero attached hydrogens (tertiary/aromatic N) is 2. The van der Waals surface area contributed by atoms with Crippen LogP contribution in [0.5, 0.6) is 0 Å². The number of amides is 1. The van der Waals surface area contributed by atoms with E-state index in [1.807, 2.05) is 25.1 Å². The number of nitrogens with one attached hydrogen (secondary N) is 3. The minimum absolute atomic E-state index is 0.161. The second-order valence-electron chi connectivity index (χ2n) is 5.80. The molecule has 0 radical (unpaired) electrons. The molecule has 8 nitrogen and oxygen atoms in total. The van der Waals surface area contributed by atoms with Crippen molar-refractivity contribution in [1.29, 1.82) is 0 Å². The van der Waals surface area contributed by atoms with Gasteiger partial charge in [0.25, 0.3) is 5.91 Å². The third-order valence-electron chi connectivity index (χ3n) is 4.07. The number of carbonyl (C=O) groups excluding carboxylic acids is 1. The van der Waals surface area contributed by atoms with Gasteiger partial charge in [0.1, 0.15) is 5.69 Å². The van der Waals surface area contributed by atoms with Gasteiger partial charge in [-0.2, -0.15) is 5.10 Å². The molecule has 1 amide bonds. The summed E-state index contributed by atoms with van der Waals surface area (Å²) in [4.78, 5) is 23.0. The van der Waals surface area contributed by atoms with Crippen molar-refractivity contribution in [2.45, 2.75) is 39.4 Å². The summed E-state index contributed by atoms with van der Waals surface area (Å²) in [5, 5.41) is 23.7. The summed E-state index contributed by atoms with van der Waals surface area (Å²) in [6, 6.07) is 6.03. The van der Waals surface area contributed by atoms with Crippen LogP contribution in [0.2, 0.25) is 0 Å². The number of benzene rings is 1. The number of fused-ring (bicyclic) bond motifs is 1. The second-order valence-corrected chi connectivity index (χ2v) is 5.80. The van der Waals surface area contributed by atoms with Gasteiger partial charge in [-0.1, -0.05) is 31.5 Å². The number of aromatic amines is 1. The molecule has 8 heteroatoms. The van der Waals surface area contributed by atoms with E-state index in [-0.39, 0.29) is 11.4 Å². The summed E-state index contributed by atoms with van der Waals surface area (Å²) >= 11 is 0. The zero-order valence-corrected chi connectivity index (χ0v) is 13.4. The summed E-state index contributed by atoms with van der Waals surface area (Å²) < 4.78 is 0. The van der Waals surface area contributed by atoms with Crippen LogP contribution in [0.4, 0.5) is 5.69 Å². The van der Waals surface area contributed by atoms with Gasteiger partial charge < -0.3 is 10.6 Å². The minimum atomic E-state index is -0.551. The number of carbonyl (C=O) groups is 1. The molecule has 3 rings (SSSR count). The molecule has 2 heterocycles. The standard InChI is InChI=1S/C16H19N5O3/c1-2-3-13-15(21(23)24)14(20-19-13)16(22)18-7-10-4-5-11-8-17-9-12(11)6-10/h4-6,17H,2-3,7-9H2,1H3,(H,18,22)(H,19,20). The minimum Gasteiger partial charge on any atom is -0.346 e. The van der Waals surface area contributed by atoms with Gasteiger partial charge >= 0.3 is 5.69 Å². The maximum absolute atomic E-state index is 12.3. The molecule has 0 bridgehead atoms. The SMILES string of the molecule is CCCc1[nH]nc(C(=O)NCc2ccc3c(c2)CNC3)c1[N+](=O)[O-]. The molecule has 0 fully saturated rings. The molecule has 24 heavy (non-hydrogen) atoms. The monoisotopic (exact) mass is 329 g/mol. The van der Waals surface area contributed by atoms with Crippen molar-refractivity contribution in [1.82, 2.24) is 20.8 Å². The van der Waals surface area contributed by atoms with Crippen LogP contribution in [0.15, 0.2) is 18.2 Å². The zero-order valence-electron chi connectivity index (χ0n) is 13.4. The first kappa shape index (κ1) is 16.1. The molecule has 0 saturated carbocycles. The van der Waals surface area contributed by atoms with Crippen LogP contribution in [-0.2, 0) is 26.1 Å². The molecule has 0 unspecified atom stereocenters. The van der Waals surface area contributed by atoms with E-state index in [1.54, 1.807) is 0 Å². The molecule has 0 spiro atoms. The highest BCUT2D eigenvalue weighted by molar-refractivity contribution is 5.96. The molecule has 3 N–H and O–H groups in total. The summed E-state index contributed by atoms with van der Waals surface area (Å²) in [6.45, 7) is 3.90. The van der Waals surface area contributed by atoms with E-state index in [2.05, 4.69) is 20.8 Å². The smallest absolute Gasteiger partial charge is 0.322 e. The average molecular weight is 329 g/mol. The van der Waals surface area contributed by atoms with Gasteiger partial charge in [-0.15, -0.1) is 0 Å². The fraction of sp³-hybridized carbons (Fsp3) is 0.375. The maximum Gasteiger partial charge on any atom is 0.322 e. The van der Waals surface area contributed by atoms with E-state index in [9.17, 15) is 14.9 Å². The lowest BCUT2D eigenvalue weighted by molar-refractivity contribution is -0.385. The Balaban J connectivity index is 1.72. The molecular weight excluding hydrogens is 310 g/mol. The van der Waals surface area contributed by atoms with Gasteiger partial charge in [0, 0.05) is 19.6 Å². The molecule has 1 aromatic carbocycles. The topological polar surface area (TPSA) is 113 Å². The first-order valence-electron chi connectivity index (χ1n) is 7.91. The number of rotatable bonds is 6. The molecule has 2 aromatic rings. The van der Waals surface area contributed by atoms with Crippen molar-refractivity contribution >= 4 is 11.6 Å². The largest absolute Gasteiger partial charge is 0.346 e. The molecule has 126 valence electrons. The summed E-state index contributed by atoms with van der Waals surface area (Å²) in [5.41, 5.74) is 3.43. The van der Waals surface area contributed by atoms with Crippen molar-refractivity contribution < 1.29 is 9.72 Å². The molecule has 0 saturated heterocycles. The molecular formula is C16H19N5O3. The van der Waals surface area contributed by atoms with Gasteiger partial charge in [-0.05, 0) is 23.1 Å². The lowest BCUT2D eigenvalue weighted by Crippen LogP contribution is -2.24. The van der Waals surface area contributed by atoms with Crippen molar-refractivity contribution in [2.24, 2.45) is 0 Å². The van der Waals surface area contributed by atoms with Gasteiger partial charge in [-0.25, -0.2) is 0 Å². The van der Waals surface area contributed by atoms with Crippen LogP contribution in [0.1, 0.15) is 46.2 Å². The maximum atomic E-state index is 12.3. The van der Waals surface area contributed by atoms with E-state index in [1.165, 1.54) is 11.1 Å². The highest BCUT2D eigenvalue weighted by Gasteiger charge is 2.28. The van der Waals surface area contributed by atoms with Crippen LogP contribution in [0, 0.1) is 10.1 Å². The second kappa shape index (κ2) is 6.79. The lowest BCUT2D eigenvalue weighted by Gasteiger charge is -2.06. The van der Waals surface area contributed by atoms with E-state index < -0.39 is 10.8 Å². The number of hydrogen-bond acceptors (Lipinski definition) is 5. The Morgan fingerprint density at radius 1 is 1.38 bits per heavy atom. The third kappa shape index (κ3) is 3.13. The average Bonchev–Trinajstić information content (AvgIpc) is 3.18. The van der Waals surface area contributed by atoms with Crippen molar-refractivity contribution in [2.75, 3.05) is 0 Å². The van der Waals surface area contributed by atoms with E-state index in [4.69, 9.17) is 0 Å². The Morgan fingerprint density at radius 2 is 2.17 bits per heavy atom. The Kier molecular flexibility index (Phi) is 4.57. The van der Waals surface area contributed by atoms with Gasteiger partial charge in [-0.3, -0.25) is 20.0 Å². The summed E-state index contributed by atoms with van der Waals surface area (Å²) in [6.07, 6.45) is 1.21. The van der Waals surface area contributed by atoms with E-state index >= 15 is 0 Å². The zero-order chi connectivity index (χ0) is 17.1. The Hall–Kier alpha value is -2.74. The van der Waals surface area contributed by atoms with Gasteiger partial charge in [0.15, 0.2) is 0 Å². The fourth-order valence-electron chi connectivity index (χ4n) is 2.88. The first-order valence-corrected chi connectivity index (χ1v) is 7.91. The third-order valence-corrected chi connectivity index (χ3v) is 4.07. The van der Waals surface area contributed by atoms with Crippen molar-refractivity contribution in [3.05, 3.63) is 56.4 Å². The predicted molar refractivity (Wildman–Crippen MR) is 87.4 cm³/mol. The van der Waals surface area contributed by atoms with Gasteiger partial charge in [0.2, 0.25) is 5.69 Å². The van der Waals surface area contributed by atoms with Crippen LogP contribution in [0.25, 0.3) is 0 Å². The number of aryl methyl sites for hydroxylation is 1. The highest BCUT2D eigenvalue weighted by atomic mass is 16.6. The van der Waals surface area contributed by atoms with Crippen molar-refractivity contribution in [3.63, 3.8) is 0 Å². The van der Waals surface area contributed by atoms with Crippen LogP contribution in [0.3, 0.4) is 0 Å². The Morgan fingerprint density at radius 3 is 2.92 bits per heavy atom. The van der Waals surface area contributed by atoms with E-state index in [0.29, 0.717) is 18.7 Å². The Labute approximate surface area is 138 Å². The Bertz CT molecular complexity index is 784. The quantitative estimate of drug-likeness (QED) is 0.552. The molecule has 1 aliphatic heterocycles. The molecule has 1 aromatic heterocycles. The fourth-order valence-corrected chi connectivity index (χ4v) is 2.88. The highest BCUT2D eigenvalue weighted by Crippen LogP contribution is 2.22. The van der Waals surface area contributed by atoms with Crippen LogP contribution in [-0.4, -0.2) is 21.0 Å². The normalized spacial score (nSPS) is 12.9. The summed E-state index contributed by atoms with van der Waals surface area (Å²) in [7, 11) is 0. The van der Waals surface area contributed by atoms with E-state index in [0.717, 1.165) is 25.1 Å². The lowest BCUT2D eigenvalue weighted by atomic mass is 10.1. The number of hydrogen-bond donors (Lipinski definition) is 3. The predicted octanol–water partition coefficient (Wildman–Crippen LogP) is 1.80. The molecule has 0 atom stereocenters. The van der Waals surface area contributed by atoms with Crippen LogP contribution < -0.4 is 10.6 Å². The van der Waals surface area contributed by atoms with Gasteiger partial charge in [0.05, 0.1) is 4.92 Å². The number of H-pyrrole nitrogens is 1. The number of aromatic nitrogens is 2. The summed E-state index contributed by atoms with van der Waals surface area (Å²) in [5.74, 6) is -0.543. The molecule has 0 aliphatic carbocycles. The molecule has 1 aliphatic rings.